The van der Waals surface area contributed by atoms with Crippen LogP contribution in [-0.4, -0.2) is 58.2 Å². The summed E-state index contributed by atoms with van der Waals surface area (Å²) in [6, 6.07) is 9.19. The van der Waals surface area contributed by atoms with Gasteiger partial charge in [0.15, 0.2) is 17.3 Å². The summed E-state index contributed by atoms with van der Waals surface area (Å²) in [7, 11) is 4.53. The maximum absolute atomic E-state index is 13.4. The second-order valence-electron chi connectivity index (χ2n) is 6.73. The van der Waals surface area contributed by atoms with Crippen LogP contribution in [0.4, 0.5) is 4.39 Å². The van der Waals surface area contributed by atoms with E-state index in [9.17, 15) is 14.3 Å². The van der Waals surface area contributed by atoms with Gasteiger partial charge < -0.3 is 19.3 Å². The van der Waals surface area contributed by atoms with Gasteiger partial charge in [-0.1, -0.05) is 23.9 Å². The third-order valence-electron chi connectivity index (χ3n) is 4.80. The number of carbonyl (C=O) groups is 1. The van der Waals surface area contributed by atoms with Crippen LogP contribution in [0.25, 0.3) is 11.4 Å². The second kappa shape index (κ2) is 8.87. The van der Waals surface area contributed by atoms with Crippen LogP contribution in [0.2, 0.25) is 0 Å². The Balaban J connectivity index is 1.85. The van der Waals surface area contributed by atoms with Gasteiger partial charge in [-0.15, -0.1) is 10.2 Å². The predicted molar refractivity (Wildman–Crippen MR) is 115 cm³/mol. The van der Waals surface area contributed by atoms with E-state index in [4.69, 9.17) is 14.2 Å². The number of ether oxygens (including phenoxy) is 3. The van der Waals surface area contributed by atoms with Crippen LogP contribution in [0.1, 0.15) is 12.0 Å². The van der Waals surface area contributed by atoms with E-state index in [1.807, 2.05) is 0 Å². The number of aliphatic carboxylic acids is 1. The minimum atomic E-state index is -0.977. The maximum Gasteiger partial charge on any atom is 0.304 e. The highest BCUT2D eigenvalue weighted by Crippen LogP contribution is 2.42. The average Bonchev–Trinajstić information content (AvgIpc) is 3.20. The first kappa shape index (κ1) is 21.6. The van der Waals surface area contributed by atoms with E-state index in [1.54, 1.807) is 24.3 Å². The first-order chi connectivity index (χ1) is 15.4. The number of halogens is 1. The molecule has 1 atom stereocenters. The van der Waals surface area contributed by atoms with Gasteiger partial charge in [-0.2, -0.15) is 9.78 Å². The van der Waals surface area contributed by atoms with Crippen LogP contribution >= 0.6 is 11.8 Å². The number of fused-ring (bicyclic) bond motifs is 1. The molecule has 11 heteroatoms. The van der Waals surface area contributed by atoms with Crippen LogP contribution in [0.5, 0.6) is 17.2 Å². The highest BCUT2D eigenvalue weighted by atomic mass is 32.2. The molecule has 166 valence electrons. The average molecular weight is 458 g/mol. The minimum Gasteiger partial charge on any atom is -0.493 e. The molecular weight excluding hydrogens is 439 g/mol. The van der Waals surface area contributed by atoms with E-state index >= 15 is 0 Å². The quantitative estimate of drug-likeness (QED) is 0.575. The molecule has 4 rings (SSSR count). The molecule has 0 spiro atoms. The Labute approximate surface area is 186 Å². The molecule has 1 aliphatic rings. The number of nitrogens with zero attached hydrogens (tertiary/aromatic N) is 4. The van der Waals surface area contributed by atoms with Gasteiger partial charge in [0.25, 0.3) is 0 Å². The number of methoxy groups -OCH3 is 3. The third kappa shape index (κ3) is 3.98. The number of carboxylic acids is 1. The van der Waals surface area contributed by atoms with Crippen molar-refractivity contribution < 1.29 is 28.5 Å². The predicted octanol–water partition coefficient (Wildman–Crippen LogP) is 3.31. The Hall–Kier alpha value is -3.60. The molecule has 3 aromatic rings. The van der Waals surface area contributed by atoms with E-state index in [-0.39, 0.29) is 6.42 Å². The Kier molecular flexibility index (Phi) is 5.99. The Morgan fingerprint density at radius 1 is 1.06 bits per heavy atom. The van der Waals surface area contributed by atoms with Crippen molar-refractivity contribution in [2.75, 3.05) is 21.3 Å². The molecule has 0 radical (unpaired) electrons. The summed E-state index contributed by atoms with van der Waals surface area (Å²) in [6.45, 7) is 0. The van der Waals surface area contributed by atoms with Crippen molar-refractivity contribution in [2.24, 2.45) is 5.10 Å². The molecule has 1 N–H and O–H groups in total. The van der Waals surface area contributed by atoms with Crippen molar-refractivity contribution in [2.45, 2.75) is 16.8 Å². The lowest BCUT2D eigenvalue weighted by Gasteiger charge is -2.22. The zero-order chi connectivity index (χ0) is 22.8. The fourth-order valence-electron chi connectivity index (χ4n) is 3.34. The highest BCUT2D eigenvalue weighted by Gasteiger charge is 2.31. The number of rotatable bonds is 7. The molecule has 0 aliphatic carbocycles. The van der Waals surface area contributed by atoms with Crippen molar-refractivity contribution in [3.63, 3.8) is 0 Å². The molecule has 0 bridgehead atoms. The number of aromatic nitrogens is 3. The van der Waals surface area contributed by atoms with Gasteiger partial charge in [-0.3, -0.25) is 4.79 Å². The van der Waals surface area contributed by atoms with Crippen molar-refractivity contribution >= 4 is 23.4 Å². The van der Waals surface area contributed by atoms with Crippen LogP contribution < -0.4 is 14.2 Å². The van der Waals surface area contributed by atoms with Crippen molar-refractivity contribution in [3.8, 4) is 28.6 Å². The van der Waals surface area contributed by atoms with Crippen molar-refractivity contribution in [1.29, 1.82) is 0 Å². The molecule has 0 saturated carbocycles. The first-order valence-electron chi connectivity index (χ1n) is 9.44. The summed E-state index contributed by atoms with van der Waals surface area (Å²) in [5, 5.41) is 22.4. The van der Waals surface area contributed by atoms with Crippen LogP contribution in [0.3, 0.4) is 0 Å². The minimum absolute atomic E-state index is 0.173. The molecule has 1 unspecified atom stereocenters. The van der Waals surface area contributed by atoms with Gasteiger partial charge in [0.1, 0.15) is 5.82 Å². The molecule has 2 heterocycles. The maximum atomic E-state index is 13.4. The highest BCUT2D eigenvalue weighted by molar-refractivity contribution is 8.00. The van der Waals surface area contributed by atoms with Gasteiger partial charge in [0.05, 0.1) is 38.7 Å². The molecule has 0 fully saturated rings. The number of carboxylic acid groups (broad SMARTS) is 1. The topological polar surface area (TPSA) is 108 Å². The number of benzene rings is 2. The second-order valence-corrected chi connectivity index (χ2v) is 7.90. The zero-order valence-electron chi connectivity index (χ0n) is 17.4. The van der Waals surface area contributed by atoms with Crippen LogP contribution in [-0.2, 0) is 4.79 Å². The van der Waals surface area contributed by atoms with Crippen LogP contribution in [0.15, 0.2) is 46.7 Å². The number of hydrogen-bond acceptors (Lipinski definition) is 8. The lowest BCUT2D eigenvalue weighted by molar-refractivity contribution is -0.136. The first-order valence-corrected chi connectivity index (χ1v) is 10.3. The van der Waals surface area contributed by atoms with Gasteiger partial charge >= 0.3 is 5.97 Å². The van der Waals surface area contributed by atoms with E-state index in [0.717, 1.165) is 0 Å². The molecule has 1 aromatic heterocycles. The summed E-state index contributed by atoms with van der Waals surface area (Å²) in [4.78, 5) is 11.4. The normalized spacial score (nSPS) is 15.0. The smallest absolute Gasteiger partial charge is 0.304 e. The Morgan fingerprint density at radius 2 is 1.72 bits per heavy atom. The lowest BCUT2D eigenvalue weighted by atomic mass is 10.1. The van der Waals surface area contributed by atoms with E-state index in [0.29, 0.717) is 45.1 Å². The summed E-state index contributed by atoms with van der Waals surface area (Å²) >= 11 is 1.23. The molecule has 0 amide bonds. The van der Waals surface area contributed by atoms with Gasteiger partial charge in [0, 0.05) is 5.56 Å². The molecule has 9 nitrogen and oxygen atoms in total. The Morgan fingerprint density at radius 3 is 2.28 bits per heavy atom. The summed E-state index contributed by atoms with van der Waals surface area (Å²) in [5.74, 6) is 0.345. The zero-order valence-corrected chi connectivity index (χ0v) is 18.2. The van der Waals surface area contributed by atoms with Gasteiger partial charge in [0.2, 0.25) is 10.9 Å². The SMILES string of the molecule is COc1cc(-c2nnc3n2N=C(c2ccc(F)cc2)C(CC(=O)O)S3)cc(OC)c1OC. The van der Waals surface area contributed by atoms with Crippen LogP contribution in [0, 0.1) is 5.82 Å². The van der Waals surface area contributed by atoms with E-state index < -0.39 is 17.0 Å². The van der Waals surface area contributed by atoms with Crippen molar-refractivity contribution in [1.82, 2.24) is 14.9 Å². The molecular formula is C21H19FN4O5S. The van der Waals surface area contributed by atoms with Gasteiger partial charge in [-0.25, -0.2) is 4.39 Å². The summed E-state index contributed by atoms with van der Waals surface area (Å²) in [5.41, 5.74) is 1.71. The number of thioether (sulfide) groups is 1. The van der Waals surface area contributed by atoms with E-state index in [1.165, 1.54) is 49.9 Å². The standard InChI is InChI=1S/C21H19FN4O5S/c1-29-14-8-12(9-15(30-2)19(14)31-3)20-23-24-21-26(20)25-18(16(32-21)10-17(27)28)11-4-6-13(22)7-5-11/h4-9,16H,10H2,1-3H3,(H,27,28). The third-order valence-corrected chi connectivity index (χ3v) is 5.94. The molecule has 32 heavy (non-hydrogen) atoms. The monoisotopic (exact) mass is 458 g/mol. The summed E-state index contributed by atoms with van der Waals surface area (Å²) < 4.78 is 31.2. The lowest BCUT2D eigenvalue weighted by Crippen LogP contribution is -2.27. The van der Waals surface area contributed by atoms with Crippen molar-refractivity contribution in [3.05, 3.63) is 47.8 Å². The molecule has 0 saturated heterocycles. The Bertz CT molecular complexity index is 1170. The van der Waals surface area contributed by atoms with E-state index in [2.05, 4.69) is 15.3 Å². The summed E-state index contributed by atoms with van der Waals surface area (Å²) in [6.07, 6.45) is -0.173. The molecule has 2 aromatic carbocycles. The number of hydrogen-bond donors (Lipinski definition) is 1. The fraction of sp³-hybridized carbons (Fsp3) is 0.238. The van der Waals surface area contributed by atoms with Gasteiger partial charge in [-0.05, 0) is 29.8 Å². The largest absolute Gasteiger partial charge is 0.493 e. The molecule has 1 aliphatic heterocycles. The fourth-order valence-corrected chi connectivity index (χ4v) is 4.43.